The summed E-state index contributed by atoms with van der Waals surface area (Å²) in [5.74, 6) is -0.712. The van der Waals surface area contributed by atoms with E-state index in [0.29, 0.717) is 31.6 Å². The normalized spacial score (nSPS) is 10.9. The molecule has 36 heavy (non-hydrogen) atoms. The molecule has 2 aromatic heterocycles. The van der Waals surface area contributed by atoms with Gasteiger partial charge in [0.2, 0.25) is 0 Å². The van der Waals surface area contributed by atoms with Crippen molar-refractivity contribution in [2.24, 2.45) is 0 Å². The molecule has 0 saturated heterocycles. The molecule has 2 heterocycles. The molecule has 0 atom stereocenters. The second-order valence-corrected chi connectivity index (χ2v) is 8.27. The number of amides is 2. The Hall–Kier alpha value is -4.20. The van der Waals surface area contributed by atoms with Crippen molar-refractivity contribution in [1.29, 1.82) is 5.41 Å². The third-order valence-electron chi connectivity index (χ3n) is 5.21. The first-order valence-corrected chi connectivity index (χ1v) is 12.0. The molecule has 0 aliphatic carbocycles. The van der Waals surface area contributed by atoms with E-state index in [0.717, 1.165) is 29.8 Å². The van der Waals surface area contributed by atoms with Gasteiger partial charge in [-0.25, -0.2) is 0 Å². The van der Waals surface area contributed by atoms with Crippen LogP contribution in [-0.4, -0.2) is 34.5 Å². The van der Waals surface area contributed by atoms with Gasteiger partial charge in [0, 0.05) is 56.9 Å². The average Bonchev–Trinajstić information content (AvgIpc) is 2.87. The number of allylic oxidation sites excluding steroid dienone is 4. The number of nitrogens with zero attached hydrogens (tertiary/aromatic N) is 2. The summed E-state index contributed by atoms with van der Waals surface area (Å²) in [4.78, 5) is 29.5. The monoisotopic (exact) mass is 488 g/mol. The van der Waals surface area contributed by atoms with E-state index in [4.69, 9.17) is 5.41 Å². The topological polar surface area (TPSA) is 112 Å². The Morgan fingerprint density at radius 3 is 2.53 bits per heavy atom. The summed E-state index contributed by atoms with van der Waals surface area (Å²) in [6.45, 7) is 13.5. The Morgan fingerprint density at radius 1 is 1.08 bits per heavy atom. The summed E-state index contributed by atoms with van der Waals surface area (Å²) in [5, 5.41) is 17.3. The molecule has 4 N–H and O–H groups in total. The van der Waals surface area contributed by atoms with Crippen LogP contribution in [0.2, 0.25) is 0 Å². The fourth-order valence-electron chi connectivity index (χ4n) is 3.22. The molecule has 0 aliphatic heterocycles. The van der Waals surface area contributed by atoms with Crippen molar-refractivity contribution in [1.82, 2.24) is 25.5 Å². The van der Waals surface area contributed by atoms with Gasteiger partial charge in [-0.15, -0.1) is 0 Å². The average molecular weight is 489 g/mol. The van der Waals surface area contributed by atoms with Gasteiger partial charge in [-0.3, -0.25) is 20.0 Å². The largest absolute Gasteiger partial charge is 0.388 e. The number of hydrogen-bond acceptors (Lipinski definition) is 5. The van der Waals surface area contributed by atoms with E-state index >= 15 is 0 Å². The molecule has 2 amide bonds. The predicted molar refractivity (Wildman–Crippen MR) is 143 cm³/mol. The summed E-state index contributed by atoms with van der Waals surface area (Å²) >= 11 is 0. The molecule has 0 bridgehead atoms. The molecular formula is C28H36N6O2. The lowest BCUT2D eigenvalue weighted by atomic mass is 10.1. The maximum Gasteiger partial charge on any atom is 0.255 e. The van der Waals surface area contributed by atoms with Crippen LogP contribution >= 0.6 is 0 Å². The van der Waals surface area contributed by atoms with Gasteiger partial charge in [-0.1, -0.05) is 43.0 Å². The zero-order valence-electron chi connectivity index (χ0n) is 21.1. The first kappa shape index (κ1) is 28.0. The highest BCUT2D eigenvalue weighted by molar-refractivity contribution is 5.99. The van der Waals surface area contributed by atoms with Crippen LogP contribution < -0.4 is 21.4 Å². The molecule has 0 fully saturated rings. The lowest BCUT2D eigenvalue weighted by Crippen LogP contribution is -2.35. The van der Waals surface area contributed by atoms with Crippen LogP contribution in [0, 0.1) is 5.41 Å². The number of aryl methyl sites for hydroxylation is 1. The van der Waals surface area contributed by atoms with Crippen LogP contribution in [-0.2, 0) is 13.1 Å². The van der Waals surface area contributed by atoms with Gasteiger partial charge in [0.25, 0.3) is 11.8 Å². The highest BCUT2D eigenvalue weighted by atomic mass is 16.2. The van der Waals surface area contributed by atoms with Gasteiger partial charge >= 0.3 is 0 Å². The van der Waals surface area contributed by atoms with E-state index in [2.05, 4.69) is 40.2 Å². The maximum atomic E-state index is 12.8. The Kier molecular flexibility index (Phi) is 11.6. The van der Waals surface area contributed by atoms with Crippen molar-refractivity contribution in [3.8, 4) is 0 Å². The minimum absolute atomic E-state index is 0.0603. The molecule has 0 radical (unpaired) electrons. The van der Waals surface area contributed by atoms with E-state index in [9.17, 15) is 9.59 Å². The van der Waals surface area contributed by atoms with Crippen LogP contribution in [0.5, 0.6) is 0 Å². The molecule has 8 nitrogen and oxygen atoms in total. The second-order valence-electron chi connectivity index (χ2n) is 8.27. The standard InChI is InChI=1S/C28H36N6O2/c1-5-34-20-24(27(35)33-19-23-12-15-30-16-13-23)18-25(26(34)29)28(36)32-17-11-22(4)31-14-9-7-6-8-10-21(2)3/h6-8,10,12-13,15-16,18,20,29,31H,2,4-5,9,11,14,17,19H2,1,3H3,(H,32,36)(H,33,35)/b7-6?,10-8-,29-26?. The Morgan fingerprint density at radius 2 is 1.83 bits per heavy atom. The second kappa shape index (κ2) is 14.9. The van der Waals surface area contributed by atoms with Crippen LogP contribution in [0.15, 0.2) is 85.5 Å². The number of rotatable bonds is 14. The molecule has 8 heteroatoms. The fraction of sp³-hybridized carbons (Fsp3) is 0.286. The molecule has 2 rings (SSSR count). The molecule has 2 aromatic rings. The lowest BCUT2D eigenvalue weighted by molar-refractivity contribution is 0.0950. The minimum atomic E-state index is -0.397. The molecular weight excluding hydrogens is 452 g/mol. The van der Waals surface area contributed by atoms with E-state index in [-0.39, 0.29) is 17.0 Å². The fourth-order valence-corrected chi connectivity index (χ4v) is 3.22. The minimum Gasteiger partial charge on any atom is -0.388 e. The van der Waals surface area contributed by atoms with Gasteiger partial charge in [-0.05, 0) is 44.0 Å². The number of aromatic nitrogens is 2. The van der Waals surface area contributed by atoms with Crippen LogP contribution in [0.3, 0.4) is 0 Å². The van der Waals surface area contributed by atoms with Crippen molar-refractivity contribution in [2.45, 2.75) is 39.8 Å². The summed E-state index contributed by atoms with van der Waals surface area (Å²) in [6, 6.07) is 5.10. The van der Waals surface area contributed by atoms with Crippen molar-refractivity contribution in [3.63, 3.8) is 0 Å². The van der Waals surface area contributed by atoms with Gasteiger partial charge in [0.1, 0.15) is 5.49 Å². The summed E-state index contributed by atoms with van der Waals surface area (Å²) in [5.41, 5.74) is 3.28. The molecule has 0 saturated carbocycles. The zero-order chi connectivity index (χ0) is 26.3. The Labute approximate surface area is 213 Å². The number of hydrogen-bond donors (Lipinski definition) is 4. The van der Waals surface area contributed by atoms with Crippen molar-refractivity contribution in [3.05, 3.63) is 108 Å². The highest BCUT2D eigenvalue weighted by Gasteiger charge is 2.15. The Bertz CT molecular complexity index is 1180. The number of nitrogens with one attached hydrogen (secondary N) is 4. The first-order valence-electron chi connectivity index (χ1n) is 12.0. The third-order valence-corrected chi connectivity index (χ3v) is 5.21. The quantitative estimate of drug-likeness (QED) is 0.240. The van der Waals surface area contributed by atoms with Crippen LogP contribution in [0.4, 0.5) is 0 Å². The first-order chi connectivity index (χ1) is 17.3. The van der Waals surface area contributed by atoms with E-state index < -0.39 is 5.91 Å². The number of carbonyl (C=O) groups is 2. The van der Waals surface area contributed by atoms with Crippen LogP contribution in [0.25, 0.3) is 0 Å². The smallest absolute Gasteiger partial charge is 0.255 e. The molecule has 0 unspecified atom stereocenters. The molecule has 0 spiro atoms. The summed E-state index contributed by atoms with van der Waals surface area (Å²) < 4.78 is 1.58. The predicted octanol–water partition coefficient (Wildman–Crippen LogP) is 3.61. The number of pyridine rings is 2. The third kappa shape index (κ3) is 9.58. The van der Waals surface area contributed by atoms with Gasteiger partial charge in [-0.2, -0.15) is 0 Å². The van der Waals surface area contributed by atoms with E-state index in [1.807, 2.05) is 44.2 Å². The van der Waals surface area contributed by atoms with Crippen molar-refractivity contribution in [2.75, 3.05) is 13.1 Å². The van der Waals surface area contributed by atoms with Gasteiger partial charge < -0.3 is 20.5 Å². The zero-order valence-corrected chi connectivity index (χ0v) is 21.1. The maximum absolute atomic E-state index is 12.8. The summed E-state index contributed by atoms with van der Waals surface area (Å²) in [7, 11) is 0. The van der Waals surface area contributed by atoms with Gasteiger partial charge in [0.15, 0.2) is 0 Å². The van der Waals surface area contributed by atoms with Crippen molar-refractivity contribution < 1.29 is 9.59 Å². The molecule has 0 aliphatic rings. The Balaban J connectivity index is 1.89. The molecule has 190 valence electrons. The van der Waals surface area contributed by atoms with E-state index in [1.165, 1.54) is 6.07 Å². The molecule has 0 aromatic carbocycles. The van der Waals surface area contributed by atoms with Crippen LogP contribution in [0.1, 0.15) is 53.0 Å². The number of carbonyl (C=O) groups excluding carboxylic acids is 2. The van der Waals surface area contributed by atoms with Gasteiger partial charge in [0.05, 0.1) is 11.1 Å². The highest BCUT2D eigenvalue weighted by Crippen LogP contribution is 2.04. The van der Waals surface area contributed by atoms with Crippen molar-refractivity contribution >= 4 is 11.8 Å². The SMILES string of the molecule is C=C(C)/C=C\C=CCCNC(=C)CCNC(=O)c1cc(C(=O)NCc2ccncc2)cn(CC)c1=N. The lowest BCUT2D eigenvalue weighted by Gasteiger charge is -2.13. The van der Waals surface area contributed by atoms with E-state index in [1.54, 1.807) is 23.2 Å². The summed E-state index contributed by atoms with van der Waals surface area (Å²) in [6.07, 6.45) is 14.3.